The van der Waals surface area contributed by atoms with Crippen molar-refractivity contribution in [1.82, 2.24) is 4.98 Å². The van der Waals surface area contributed by atoms with Gasteiger partial charge in [0.15, 0.2) is 11.7 Å². The first-order valence-electron chi connectivity index (χ1n) is 9.14. The summed E-state index contributed by atoms with van der Waals surface area (Å²) in [5, 5.41) is 3.26. The number of hydrogen-bond acceptors (Lipinski definition) is 6. The van der Waals surface area contributed by atoms with E-state index in [1.54, 1.807) is 13.8 Å². The number of carbonyl (C=O) groups is 2. The fraction of sp³-hybridized carbons (Fsp3) is 0.421. The number of carbonyl (C=O) groups excluding carboxylic acids is 2. The molecule has 0 aliphatic carbocycles. The third-order valence-corrected chi connectivity index (χ3v) is 5.56. The summed E-state index contributed by atoms with van der Waals surface area (Å²) < 4.78 is 5.01. The van der Waals surface area contributed by atoms with Crippen molar-refractivity contribution in [3.8, 4) is 0 Å². The van der Waals surface area contributed by atoms with E-state index in [0.29, 0.717) is 28.9 Å². The SMILES string of the molecule is CCOC(=O)c1sc(NC(=O)C[NH+]2CCN(c3ccccc3)CC2)nc1C. The van der Waals surface area contributed by atoms with Crippen LogP contribution < -0.4 is 15.1 Å². The highest BCUT2D eigenvalue weighted by atomic mass is 32.1. The lowest BCUT2D eigenvalue weighted by atomic mass is 10.2. The van der Waals surface area contributed by atoms with Crippen LogP contribution in [0.4, 0.5) is 10.8 Å². The highest BCUT2D eigenvalue weighted by Gasteiger charge is 2.23. The van der Waals surface area contributed by atoms with E-state index in [9.17, 15) is 9.59 Å². The summed E-state index contributed by atoms with van der Waals surface area (Å²) in [7, 11) is 0. The second-order valence-corrected chi connectivity index (χ2v) is 7.45. The van der Waals surface area contributed by atoms with Gasteiger partial charge < -0.3 is 14.5 Å². The van der Waals surface area contributed by atoms with Crippen LogP contribution in [0.2, 0.25) is 0 Å². The van der Waals surface area contributed by atoms with Gasteiger partial charge in [-0.15, -0.1) is 0 Å². The Kier molecular flexibility index (Phi) is 6.41. The van der Waals surface area contributed by atoms with E-state index >= 15 is 0 Å². The fourth-order valence-corrected chi connectivity index (χ4v) is 4.00. The zero-order chi connectivity index (χ0) is 19.2. The molecule has 2 N–H and O–H groups in total. The van der Waals surface area contributed by atoms with Crippen LogP contribution in [0.25, 0.3) is 0 Å². The molecule has 1 amide bonds. The molecule has 8 heteroatoms. The Morgan fingerprint density at radius 2 is 1.96 bits per heavy atom. The first-order valence-corrected chi connectivity index (χ1v) is 9.96. The lowest BCUT2D eigenvalue weighted by Gasteiger charge is -2.33. The first kappa shape index (κ1) is 19.3. The number of amides is 1. The molecule has 1 aromatic heterocycles. The molecule has 3 rings (SSSR count). The van der Waals surface area contributed by atoms with Crippen LogP contribution >= 0.6 is 11.3 Å². The number of thiazole rings is 1. The third-order valence-electron chi connectivity index (χ3n) is 4.51. The predicted molar refractivity (Wildman–Crippen MR) is 106 cm³/mol. The molecule has 27 heavy (non-hydrogen) atoms. The molecule has 0 bridgehead atoms. The van der Waals surface area contributed by atoms with E-state index in [-0.39, 0.29) is 5.91 Å². The van der Waals surface area contributed by atoms with Crippen molar-refractivity contribution >= 4 is 34.0 Å². The zero-order valence-electron chi connectivity index (χ0n) is 15.7. The lowest BCUT2D eigenvalue weighted by molar-refractivity contribution is -0.892. The number of rotatable bonds is 6. The summed E-state index contributed by atoms with van der Waals surface area (Å²) in [4.78, 5) is 32.5. The van der Waals surface area contributed by atoms with E-state index < -0.39 is 5.97 Å². The Hall–Kier alpha value is -2.45. The van der Waals surface area contributed by atoms with Crippen molar-refractivity contribution in [3.63, 3.8) is 0 Å². The van der Waals surface area contributed by atoms with Crippen LogP contribution in [-0.4, -0.2) is 56.2 Å². The Morgan fingerprint density at radius 3 is 2.63 bits per heavy atom. The minimum atomic E-state index is -0.393. The average molecular weight is 390 g/mol. The van der Waals surface area contributed by atoms with Crippen LogP contribution in [0.3, 0.4) is 0 Å². The summed E-state index contributed by atoms with van der Waals surface area (Å²) in [6.07, 6.45) is 0. The molecule has 0 saturated carbocycles. The Bertz CT molecular complexity index is 786. The number of nitrogens with one attached hydrogen (secondary N) is 2. The Labute approximate surface area is 162 Å². The van der Waals surface area contributed by atoms with Gasteiger partial charge in [-0.3, -0.25) is 10.1 Å². The highest BCUT2D eigenvalue weighted by molar-refractivity contribution is 7.17. The number of aromatic nitrogens is 1. The van der Waals surface area contributed by atoms with Gasteiger partial charge in [0.25, 0.3) is 5.91 Å². The number of para-hydroxylation sites is 1. The number of quaternary nitrogens is 1. The third kappa shape index (κ3) is 5.05. The summed E-state index contributed by atoms with van der Waals surface area (Å²) in [6.45, 7) is 7.89. The van der Waals surface area contributed by atoms with Crippen LogP contribution in [0.15, 0.2) is 30.3 Å². The molecule has 0 atom stereocenters. The largest absolute Gasteiger partial charge is 0.462 e. The van der Waals surface area contributed by atoms with Crippen LogP contribution in [0.1, 0.15) is 22.3 Å². The second-order valence-electron chi connectivity index (χ2n) is 6.45. The maximum Gasteiger partial charge on any atom is 0.350 e. The average Bonchev–Trinajstić information content (AvgIpc) is 3.03. The molecule has 7 nitrogen and oxygen atoms in total. The van der Waals surface area contributed by atoms with Crippen LogP contribution in [0, 0.1) is 6.92 Å². The number of hydrogen-bond donors (Lipinski definition) is 2. The molecule has 144 valence electrons. The van der Waals surface area contributed by atoms with Gasteiger partial charge in [-0.1, -0.05) is 29.5 Å². The highest BCUT2D eigenvalue weighted by Crippen LogP contribution is 2.23. The standard InChI is InChI=1S/C19H24N4O3S/c1-3-26-18(25)17-14(2)20-19(27-17)21-16(24)13-22-9-11-23(12-10-22)15-7-5-4-6-8-15/h4-8H,3,9-13H2,1-2H3,(H,20,21,24)/p+1. The molecule has 1 aromatic carbocycles. The number of benzene rings is 1. The maximum absolute atomic E-state index is 12.4. The van der Waals surface area contributed by atoms with Gasteiger partial charge in [0.1, 0.15) is 4.88 Å². The van der Waals surface area contributed by atoms with E-state index in [1.807, 2.05) is 18.2 Å². The molecular weight excluding hydrogens is 364 g/mol. The van der Waals surface area contributed by atoms with E-state index in [4.69, 9.17) is 4.74 Å². The van der Waals surface area contributed by atoms with Gasteiger partial charge in [0.2, 0.25) is 0 Å². The van der Waals surface area contributed by atoms with Crippen molar-refractivity contribution in [2.75, 3.05) is 49.5 Å². The van der Waals surface area contributed by atoms with Gasteiger partial charge in [-0.2, -0.15) is 0 Å². The summed E-state index contributed by atoms with van der Waals surface area (Å²) in [5.41, 5.74) is 1.81. The van der Waals surface area contributed by atoms with Gasteiger partial charge in [0, 0.05) is 5.69 Å². The van der Waals surface area contributed by atoms with E-state index in [0.717, 1.165) is 37.5 Å². The van der Waals surface area contributed by atoms with Crippen molar-refractivity contribution in [2.45, 2.75) is 13.8 Å². The molecule has 1 fully saturated rings. The molecule has 1 aliphatic heterocycles. The fourth-order valence-electron chi connectivity index (χ4n) is 3.12. The van der Waals surface area contributed by atoms with Gasteiger partial charge >= 0.3 is 5.97 Å². The lowest BCUT2D eigenvalue weighted by Crippen LogP contribution is -3.15. The molecule has 2 heterocycles. The van der Waals surface area contributed by atoms with E-state index in [2.05, 4.69) is 27.3 Å². The Morgan fingerprint density at radius 1 is 1.26 bits per heavy atom. The maximum atomic E-state index is 12.4. The predicted octanol–water partition coefficient (Wildman–Crippen LogP) is 0.972. The molecule has 2 aromatic rings. The number of nitrogens with zero attached hydrogens (tertiary/aromatic N) is 2. The molecule has 1 aliphatic rings. The van der Waals surface area contributed by atoms with Crippen LogP contribution in [-0.2, 0) is 9.53 Å². The van der Waals surface area contributed by atoms with Gasteiger partial charge in [-0.05, 0) is 26.0 Å². The van der Waals surface area contributed by atoms with Crippen molar-refractivity contribution in [1.29, 1.82) is 0 Å². The zero-order valence-corrected chi connectivity index (χ0v) is 16.5. The molecule has 1 saturated heterocycles. The van der Waals surface area contributed by atoms with Gasteiger partial charge in [-0.25, -0.2) is 9.78 Å². The number of esters is 1. The monoisotopic (exact) mass is 389 g/mol. The Balaban J connectivity index is 1.49. The van der Waals surface area contributed by atoms with Crippen molar-refractivity contribution < 1.29 is 19.2 Å². The summed E-state index contributed by atoms with van der Waals surface area (Å²) in [6, 6.07) is 10.3. The molecule has 0 unspecified atom stereocenters. The number of ether oxygens (including phenoxy) is 1. The van der Waals surface area contributed by atoms with Gasteiger partial charge in [0.05, 0.1) is 38.5 Å². The van der Waals surface area contributed by atoms with E-state index in [1.165, 1.54) is 10.6 Å². The minimum Gasteiger partial charge on any atom is -0.462 e. The quantitative estimate of drug-likeness (QED) is 0.720. The topological polar surface area (TPSA) is 76.0 Å². The molecule has 0 spiro atoms. The summed E-state index contributed by atoms with van der Waals surface area (Å²) in [5.74, 6) is -0.474. The van der Waals surface area contributed by atoms with Crippen LogP contribution in [0.5, 0.6) is 0 Å². The number of piperazine rings is 1. The van der Waals surface area contributed by atoms with Crippen molar-refractivity contribution in [3.05, 3.63) is 40.9 Å². The smallest absolute Gasteiger partial charge is 0.350 e. The number of aryl methyl sites for hydroxylation is 1. The minimum absolute atomic E-state index is 0.0812. The first-order chi connectivity index (χ1) is 13.1. The summed E-state index contributed by atoms with van der Waals surface area (Å²) >= 11 is 1.16. The molecule has 0 radical (unpaired) electrons. The second kappa shape index (κ2) is 8.96. The number of anilines is 2. The molecular formula is C19H25N4O3S+. The normalized spacial score (nSPS) is 14.8. The van der Waals surface area contributed by atoms with Crippen molar-refractivity contribution in [2.24, 2.45) is 0 Å².